The Morgan fingerprint density at radius 3 is 1.97 bits per heavy atom. The minimum Gasteiger partial charge on any atom is -0.481 e. The number of hydrogen-bond acceptors (Lipinski definition) is 4. The Bertz CT molecular complexity index is 1350. The number of fused-ring (bicyclic) bond motifs is 2. The largest absolute Gasteiger partial charge is 0.485 e. The van der Waals surface area contributed by atoms with Crippen molar-refractivity contribution in [2.75, 3.05) is 4.90 Å². The molecule has 6 nitrogen and oxygen atoms in total. The fraction of sp³-hybridized carbons (Fsp3) is 0.261. The van der Waals surface area contributed by atoms with Gasteiger partial charge in [-0.1, -0.05) is 36.4 Å². The van der Waals surface area contributed by atoms with Gasteiger partial charge < -0.3 is 10.2 Å². The third kappa shape index (κ3) is 5.92. The molecule has 2 aromatic carbocycles. The molecule has 3 aromatic rings. The average molecular weight is 554 g/mol. The number of aromatic nitrogens is 1. The van der Waals surface area contributed by atoms with Gasteiger partial charge in [-0.15, -0.1) is 0 Å². The van der Waals surface area contributed by atoms with Crippen LogP contribution in [-0.4, -0.2) is 45.7 Å². The van der Waals surface area contributed by atoms with Gasteiger partial charge in [-0.3, -0.25) is 9.69 Å². The van der Waals surface area contributed by atoms with E-state index in [-0.39, 0.29) is 11.1 Å². The van der Waals surface area contributed by atoms with E-state index in [1.807, 2.05) is 0 Å². The van der Waals surface area contributed by atoms with Crippen molar-refractivity contribution in [3.8, 4) is 0 Å². The van der Waals surface area contributed by atoms with Gasteiger partial charge in [0, 0.05) is 11.1 Å². The Morgan fingerprint density at radius 1 is 0.868 bits per heavy atom. The molecule has 0 bridgehead atoms. The lowest BCUT2D eigenvalue weighted by molar-refractivity contribution is -0.207. The summed E-state index contributed by atoms with van der Waals surface area (Å²) in [5, 5.41) is 18.0. The van der Waals surface area contributed by atoms with E-state index < -0.39 is 70.8 Å². The molecular weight excluding hydrogens is 539 g/mol. The highest BCUT2D eigenvalue weighted by Gasteiger charge is 2.60. The number of hydrogen-bond donors (Lipinski definition) is 2. The smallest absolute Gasteiger partial charge is 0.481 e. The van der Waals surface area contributed by atoms with Crippen molar-refractivity contribution in [3.05, 3.63) is 71.4 Å². The van der Waals surface area contributed by atoms with Crippen LogP contribution in [0.15, 0.2) is 54.6 Å². The number of nitrogens with zero attached hydrogens (tertiary/aromatic N) is 2. The fourth-order valence-electron chi connectivity index (χ4n) is 3.98. The maximum atomic E-state index is 13.1. The molecule has 0 fully saturated rings. The van der Waals surface area contributed by atoms with Crippen LogP contribution in [0.25, 0.3) is 10.9 Å². The Kier molecular flexibility index (Phi) is 7.52. The van der Waals surface area contributed by atoms with Gasteiger partial charge in [0.15, 0.2) is 5.69 Å². The third-order valence-corrected chi connectivity index (χ3v) is 5.50. The predicted molar refractivity (Wildman–Crippen MR) is 113 cm³/mol. The maximum Gasteiger partial charge on any atom is 0.485 e. The molecule has 1 aromatic heterocycles. The lowest BCUT2D eigenvalue weighted by Gasteiger charge is -2.43. The fourth-order valence-corrected chi connectivity index (χ4v) is 3.98. The highest BCUT2D eigenvalue weighted by atomic mass is 19.4. The van der Waals surface area contributed by atoms with Crippen molar-refractivity contribution in [2.45, 2.75) is 31.1 Å². The van der Waals surface area contributed by atoms with Crippen LogP contribution in [0.4, 0.5) is 45.2 Å². The zero-order chi connectivity index (χ0) is 28.6. The Morgan fingerprint density at radius 2 is 1.45 bits per heavy atom. The molecule has 1 aliphatic rings. The molecule has 38 heavy (non-hydrogen) atoms. The summed E-state index contributed by atoms with van der Waals surface area (Å²) in [5.41, 5.74) is -2.84. The molecular formula is C23H15F9N2O4. The molecule has 15 heteroatoms. The van der Waals surface area contributed by atoms with Gasteiger partial charge >= 0.3 is 30.6 Å². The molecule has 0 amide bonds. The third-order valence-electron chi connectivity index (χ3n) is 5.50. The van der Waals surface area contributed by atoms with E-state index >= 15 is 0 Å². The summed E-state index contributed by atoms with van der Waals surface area (Å²) in [5.74, 6) is -5.78. The second-order valence-electron chi connectivity index (χ2n) is 7.98. The van der Waals surface area contributed by atoms with Crippen LogP contribution in [0.2, 0.25) is 0 Å². The van der Waals surface area contributed by atoms with Crippen LogP contribution in [0.5, 0.6) is 0 Å². The van der Waals surface area contributed by atoms with Crippen LogP contribution < -0.4 is 4.90 Å². The molecule has 1 aliphatic heterocycles. The Hall–Kier alpha value is -4.04. The number of aliphatic carboxylic acids is 1. The summed E-state index contributed by atoms with van der Waals surface area (Å²) in [6.07, 6.45) is -16.1. The Balaban J connectivity index is 0.000000215. The summed E-state index contributed by atoms with van der Waals surface area (Å²) in [6, 6.07) is 8.49. The highest BCUT2D eigenvalue weighted by molar-refractivity contribution is 5.94. The Labute approximate surface area is 206 Å². The first-order valence-corrected chi connectivity index (χ1v) is 10.4. The van der Waals surface area contributed by atoms with Crippen molar-refractivity contribution < 1.29 is 59.3 Å². The molecule has 0 radical (unpaired) electrons. The van der Waals surface area contributed by atoms with Crippen molar-refractivity contribution in [1.29, 1.82) is 0 Å². The van der Waals surface area contributed by atoms with Crippen molar-refractivity contribution in [2.24, 2.45) is 5.92 Å². The number of aromatic carboxylic acids is 1. The number of benzene rings is 2. The first kappa shape index (κ1) is 28.5. The molecule has 204 valence electrons. The molecule has 0 spiro atoms. The van der Waals surface area contributed by atoms with Crippen LogP contribution in [0.3, 0.4) is 0 Å². The molecule has 2 heterocycles. The van der Waals surface area contributed by atoms with E-state index in [4.69, 9.17) is 10.2 Å². The van der Waals surface area contributed by atoms with E-state index in [9.17, 15) is 49.1 Å². The SMILES string of the molecule is O=C(O)C1Cc2ccccc2N(C(F)(F)F)C1C(F)(F)F.O=C(O)c1cc2ccccc2nc1C(F)(F)F. The molecule has 0 aliphatic carbocycles. The van der Waals surface area contributed by atoms with Crippen LogP contribution in [-0.2, 0) is 17.4 Å². The summed E-state index contributed by atoms with van der Waals surface area (Å²) >= 11 is 0. The number of pyridine rings is 1. The molecule has 2 unspecified atom stereocenters. The van der Waals surface area contributed by atoms with Gasteiger partial charge in [0.1, 0.15) is 6.04 Å². The normalized spacial score (nSPS) is 17.9. The maximum absolute atomic E-state index is 13.1. The lowest BCUT2D eigenvalue weighted by atomic mass is 9.85. The van der Waals surface area contributed by atoms with Crippen LogP contribution in [0, 0.1) is 5.92 Å². The number of para-hydroxylation sites is 2. The standard InChI is InChI=1S/C12H9F6NO2.C11H6F3NO2/c13-11(14,15)9-7(10(20)21)5-6-3-1-2-4-8(6)19(9)12(16,17)18;12-11(13,14)9-7(10(16)17)5-6-3-1-2-4-8(6)15-9/h1-4,7,9H,5H2,(H,20,21);1-5H,(H,16,17). The van der Waals surface area contributed by atoms with Crippen molar-refractivity contribution >= 4 is 28.5 Å². The molecule has 2 atom stereocenters. The first-order valence-electron chi connectivity index (χ1n) is 10.4. The minimum absolute atomic E-state index is 0.0808. The molecule has 4 rings (SSSR count). The van der Waals surface area contributed by atoms with Crippen LogP contribution in [0.1, 0.15) is 21.6 Å². The molecule has 0 saturated carbocycles. The summed E-state index contributed by atoms with van der Waals surface area (Å²) in [6.45, 7) is 0. The monoisotopic (exact) mass is 554 g/mol. The zero-order valence-electron chi connectivity index (χ0n) is 18.6. The van der Waals surface area contributed by atoms with E-state index in [1.54, 1.807) is 6.07 Å². The van der Waals surface area contributed by atoms with Gasteiger partial charge in [-0.25, -0.2) is 9.78 Å². The van der Waals surface area contributed by atoms with E-state index in [0.717, 1.165) is 12.1 Å². The highest BCUT2D eigenvalue weighted by Crippen LogP contribution is 2.46. The number of carbonyl (C=O) groups is 2. The van der Waals surface area contributed by atoms with Crippen LogP contribution >= 0.6 is 0 Å². The molecule has 0 saturated heterocycles. The van der Waals surface area contributed by atoms with Gasteiger partial charge in [0.2, 0.25) is 0 Å². The minimum atomic E-state index is -5.34. The van der Waals surface area contributed by atoms with Crippen molar-refractivity contribution in [1.82, 2.24) is 4.98 Å². The number of halogens is 9. The number of alkyl halides is 9. The average Bonchev–Trinajstić information content (AvgIpc) is 2.80. The lowest BCUT2D eigenvalue weighted by Crippen LogP contribution is -2.60. The quantitative estimate of drug-likeness (QED) is 0.292. The molecule has 2 N–H and O–H groups in total. The summed E-state index contributed by atoms with van der Waals surface area (Å²) < 4.78 is 116. The van der Waals surface area contributed by atoms with Gasteiger partial charge in [0.25, 0.3) is 0 Å². The second-order valence-corrected chi connectivity index (χ2v) is 7.98. The topological polar surface area (TPSA) is 90.7 Å². The number of anilines is 1. The van der Waals surface area contributed by atoms with Gasteiger partial charge in [0.05, 0.1) is 17.0 Å². The number of carboxylic acids is 2. The predicted octanol–water partition coefficient (Wildman–Crippen LogP) is 6.15. The van der Waals surface area contributed by atoms with Crippen molar-refractivity contribution in [3.63, 3.8) is 0 Å². The zero-order valence-corrected chi connectivity index (χ0v) is 18.6. The van der Waals surface area contributed by atoms with Gasteiger partial charge in [-0.2, -0.15) is 39.5 Å². The van der Waals surface area contributed by atoms with Gasteiger partial charge in [-0.05, 0) is 30.2 Å². The summed E-state index contributed by atoms with van der Waals surface area (Å²) in [7, 11) is 0. The van der Waals surface area contributed by atoms with E-state index in [2.05, 4.69) is 4.98 Å². The second kappa shape index (κ2) is 10.0. The van der Waals surface area contributed by atoms with E-state index in [0.29, 0.717) is 5.39 Å². The number of rotatable bonds is 2. The first-order chi connectivity index (χ1) is 17.4. The number of carboxylic acid groups (broad SMARTS) is 2. The summed E-state index contributed by atoms with van der Waals surface area (Å²) in [4.78, 5) is 24.3. The van der Waals surface area contributed by atoms with E-state index in [1.165, 1.54) is 36.4 Å².